The van der Waals surface area contributed by atoms with Crippen LogP contribution in [0.15, 0.2) is 18.2 Å². The van der Waals surface area contributed by atoms with Gasteiger partial charge in [-0.1, -0.05) is 6.42 Å². The fraction of sp³-hybridized carbons (Fsp3) is 0.611. The number of nitro benzene ring substituents is 1. The Balaban J connectivity index is 1.91. The van der Waals surface area contributed by atoms with Crippen molar-refractivity contribution in [2.24, 2.45) is 0 Å². The third-order valence-electron chi connectivity index (χ3n) is 5.13. The smallest absolute Gasteiger partial charge is 0.282 e. The van der Waals surface area contributed by atoms with Gasteiger partial charge in [0, 0.05) is 43.2 Å². The fourth-order valence-corrected chi connectivity index (χ4v) is 4.40. The van der Waals surface area contributed by atoms with Gasteiger partial charge in [0.15, 0.2) is 0 Å². The van der Waals surface area contributed by atoms with Gasteiger partial charge in [0.1, 0.15) is 5.56 Å². The third-order valence-corrected chi connectivity index (χ3v) is 6.18. The van der Waals surface area contributed by atoms with Crippen LogP contribution in [0.5, 0.6) is 0 Å². The molecule has 1 aromatic carbocycles. The van der Waals surface area contributed by atoms with Gasteiger partial charge >= 0.3 is 0 Å². The fourth-order valence-electron chi connectivity index (χ4n) is 3.67. The molecule has 0 spiro atoms. The van der Waals surface area contributed by atoms with Crippen LogP contribution in [-0.4, -0.2) is 53.4 Å². The van der Waals surface area contributed by atoms with Crippen LogP contribution in [0, 0.1) is 10.1 Å². The lowest BCUT2D eigenvalue weighted by atomic mass is 10.1. The number of hydrogen-bond acceptors (Lipinski definition) is 5. The Labute approximate surface area is 152 Å². The van der Waals surface area contributed by atoms with Crippen molar-refractivity contribution >= 4 is 29.0 Å². The van der Waals surface area contributed by atoms with E-state index in [2.05, 4.69) is 11.2 Å². The summed E-state index contributed by atoms with van der Waals surface area (Å²) in [5.41, 5.74) is 1.07. The molecule has 3 rings (SSSR count). The molecule has 2 fully saturated rings. The van der Waals surface area contributed by atoms with E-state index in [0.717, 1.165) is 38.0 Å². The molecular weight excluding hydrogens is 338 g/mol. The Morgan fingerprint density at radius 1 is 1.20 bits per heavy atom. The maximum absolute atomic E-state index is 12.8. The summed E-state index contributed by atoms with van der Waals surface area (Å²) >= 11 is 1.87. The molecule has 0 saturated carbocycles. The molecule has 1 unspecified atom stereocenters. The van der Waals surface area contributed by atoms with E-state index in [1.54, 1.807) is 17.0 Å². The second kappa shape index (κ2) is 8.08. The summed E-state index contributed by atoms with van der Waals surface area (Å²) in [5.74, 6) is -0.206. The summed E-state index contributed by atoms with van der Waals surface area (Å²) in [6.07, 6.45) is 7.59. The summed E-state index contributed by atoms with van der Waals surface area (Å²) in [5, 5.41) is 12.0. The maximum Gasteiger partial charge on any atom is 0.282 e. The molecule has 25 heavy (non-hydrogen) atoms. The standard InChI is InChI=1S/C18H25N3O3S/c1-25-15-6-2-3-11-20(13-15)14-7-8-17(21(23)24)16(12-14)18(22)19-9-4-5-10-19/h7-8,12,15H,2-6,9-11,13H2,1H3. The first-order chi connectivity index (χ1) is 12.1. The lowest BCUT2D eigenvalue weighted by Crippen LogP contribution is -2.31. The van der Waals surface area contributed by atoms with Crippen LogP contribution in [0.1, 0.15) is 42.5 Å². The minimum Gasteiger partial charge on any atom is -0.370 e. The van der Waals surface area contributed by atoms with E-state index in [4.69, 9.17) is 0 Å². The Kier molecular flexibility index (Phi) is 5.83. The molecule has 2 saturated heterocycles. The van der Waals surface area contributed by atoms with Gasteiger partial charge in [-0.05, 0) is 44.1 Å². The first-order valence-electron chi connectivity index (χ1n) is 8.95. The monoisotopic (exact) mass is 363 g/mol. The van der Waals surface area contributed by atoms with Gasteiger partial charge in [-0.15, -0.1) is 0 Å². The van der Waals surface area contributed by atoms with Crippen LogP contribution < -0.4 is 4.90 Å². The molecular formula is C18H25N3O3S. The van der Waals surface area contributed by atoms with Crippen LogP contribution in [0.3, 0.4) is 0 Å². The van der Waals surface area contributed by atoms with Crippen molar-refractivity contribution in [3.63, 3.8) is 0 Å². The van der Waals surface area contributed by atoms with Crippen molar-refractivity contribution in [3.05, 3.63) is 33.9 Å². The highest BCUT2D eigenvalue weighted by Crippen LogP contribution is 2.30. The summed E-state index contributed by atoms with van der Waals surface area (Å²) in [7, 11) is 0. The highest BCUT2D eigenvalue weighted by molar-refractivity contribution is 7.99. The molecule has 0 radical (unpaired) electrons. The third kappa shape index (κ3) is 4.08. The number of benzene rings is 1. The quantitative estimate of drug-likeness (QED) is 0.604. The first-order valence-corrected chi connectivity index (χ1v) is 10.2. The van der Waals surface area contributed by atoms with Crippen LogP contribution >= 0.6 is 11.8 Å². The van der Waals surface area contributed by atoms with E-state index in [1.807, 2.05) is 11.8 Å². The number of likely N-dealkylation sites (tertiary alicyclic amines) is 1. The molecule has 7 heteroatoms. The average Bonchev–Trinajstić information content (AvgIpc) is 3.05. The van der Waals surface area contributed by atoms with Crippen LogP contribution in [-0.2, 0) is 0 Å². The number of amides is 1. The number of nitro groups is 1. The normalized spacial score (nSPS) is 21.2. The largest absolute Gasteiger partial charge is 0.370 e. The summed E-state index contributed by atoms with van der Waals surface area (Å²) in [6.45, 7) is 3.25. The number of carbonyl (C=O) groups excluding carboxylic acids is 1. The van der Waals surface area contributed by atoms with Gasteiger partial charge in [0.2, 0.25) is 0 Å². The van der Waals surface area contributed by atoms with Crippen molar-refractivity contribution in [3.8, 4) is 0 Å². The Morgan fingerprint density at radius 3 is 2.60 bits per heavy atom. The van der Waals surface area contributed by atoms with Gasteiger partial charge in [-0.25, -0.2) is 0 Å². The first kappa shape index (κ1) is 18.0. The number of hydrogen-bond donors (Lipinski definition) is 0. The molecule has 0 bridgehead atoms. The summed E-state index contributed by atoms with van der Waals surface area (Å²) in [6, 6.07) is 5.03. The van der Waals surface area contributed by atoms with Gasteiger partial charge in [0.05, 0.1) is 4.92 Å². The zero-order valence-electron chi connectivity index (χ0n) is 14.6. The molecule has 1 atom stereocenters. The molecule has 2 heterocycles. The molecule has 2 aliphatic rings. The lowest BCUT2D eigenvalue weighted by molar-refractivity contribution is -0.385. The summed E-state index contributed by atoms with van der Waals surface area (Å²) in [4.78, 5) is 27.8. The molecule has 1 aromatic rings. The topological polar surface area (TPSA) is 66.7 Å². The van der Waals surface area contributed by atoms with E-state index in [9.17, 15) is 14.9 Å². The van der Waals surface area contributed by atoms with Crippen molar-refractivity contribution in [2.75, 3.05) is 37.3 Å². The molecule has 2 aliphatic heterocycles. The van der Waals surface area contributed by atoms with E-state index < -0.39 is 4.92 Å². The number of carbonyl (C=O) groups is 1. The van der Waals surface area contributed by atoms with Crippen molar-refractivity contribution in [2.45, 2.75) is 37.4 Å². The van der Waals surface area contributed by atoms with Gasteiger partial charge in [0.25, 0.3) is 11.6 Å². The molecule has 136 valence electrons. The van der Waals surface area contributed by atoms with E-state index in [-0.39, 0.29) is 17.2 Å². The van der Waals surface area contributed by atoms with Crippen molar-refractivity contribution < 1.29 is 9.72 Å². The zero-order chi connectivity index (χ0) is 17.8. The molecule has 0 aliphatic carbocycles. The summed E-state index contributed by atoms with van der Waals surface area (Å²) < 4.78 is 0. The highest BCUT2D eigenvalue weighted by Gasteiger charge is 2.28. The van der Waals surface area contributed by atoms with Crippen LogP contribution in [0.2, 0.25) is 0 Å². The lowest BCUT2D eigenvalue weighted by Gasteiger charge is -2.26. The van der Waals surface area contributed by atoms with Crippen LogP contribution in [0.25, 0.3) is 0 Å². The minimum absolute atomic E-state index is 0.0862. The minimum atomic E-state index is -0.444. The van der Waals surface area contributed by atoms with Gasteiger partial charge in [-0.3, -0.25) is 14.9 Å². The Morgan fingerprint density at radius 2 is 1.92 bits per heavy atom. The number of nitrogens with zero attached hydrogens (tertiary/aromatic N) is 3. The Hall–Kier alpha value is -1.76. The number of rotatable bonds is 4. The van der Waals surface area contributed by atoms with Crippen molar-refractivity contribution in [1.29, 1.82) is 0 Å². The van der Waals surface area contributed by atoms with Crippen molar-refractivity contribution in [1.82, 2.24) is 4.90 Å². The van der Waals surface area contributed by atoms with Gasteiger partial charge in [-0.2, -0.15) is 11.8 Å². The van der Waals surface area contributed by atoms with Gasteiger partial charge < -0.3 is 9.80 Å². The number of thioether (sulfide) groups is 1. The van der Waals surface area contributed by atoms with Crippen LogP contribution in [0.4, 0.5) is 11.4 Å². The molecule has 6 nitrogen and oxygen atoms in total. The van der Waals surface area contributed by atoms with E-state index in [0.29, 0.717) is 18.3 Å². The SMILES string of the molecule is CSC1CCCCN(c2ccc([N+](=O)[O-])c(C(=O)N3CCCC3)c2)C1. The predicted octanol–water partition coefficient (Wildman–Crippen LogP) is 3.55. The maximum atomic E-state index is 12.8. The molecule has 1 amide bonds. The predicted molar refractivity (Wildman–Crippen MR) is 102 cm³/mol. The van der Waals surface area contributed by atoms with E-state index in [1.165, 1.54) is 18.9 Å². The highest BCUT2D eigenvalue weighted by atomic mass is 32.2. The average molecular weight is 363 g/mol. The second-order valence-electron chi connectivity index (χ2n) is 6.76. The zero-order valence-corrected chi connectivity index (χ0v) is 15.5. The molecule has 0 N–H and O–H groups in total. The Bertz CT molecular complexity index is 646. The van der Waals surface area contributed by atoms with E-state index >= 15 is 0 Å². The molecule has 0 aromatic heterocycles. The second-order valence-corrected chi connectivity index (χ2v) is 7.90. The number of anilines is 1.